The minimum Gasteiger partial charge on any atom is -0.496 e. The molecule has 3 nitrogen and oxygen atoms in total. The third kappa shape index (κ3) is 3.55. The topological polar surface area (TPSA) is 44.5 Å². The molecule has 0 spiro atoms. The van der Waals surface area contributed by atoms with Gasteiger partial charge in [0, 0.05) is 10.6 Å². The van der Waals surface area contributed by atoms with Crippen molar-refractivity contribution in [2.75, 3.05) is 13.7 Å². The zero-order valence-corrected chi connectivity index (χ0v) is 9.54. The lowest BCUT2D eigenvalue weighted by Gasteiger charge is -2.06. The minimum atomic E-state index is 0.385. The van der Waals surface area contributed by atoms with Crippen molar-refractivity contribution in [2.24, 2.45) is 5.90 Å². The van der Waals surface area contributed by atoms with Gasteiger partial charge < -0.3 is 9.57 Å². The fraction of sp³-hybridized carbons (Fsp3) is 0.273. The molecule has 0 aliphatic carbocycles. The molecule has 0 bridgehead atoms. The van der Waals surface area contributed by atoms with Crippen molar-refractivity contribution in [3.8, 4) is 5.75 Å². The minimum absolute atomic E-state index is 0.385. The van der Waals surface area contributed by atoms with E-state index >= 15 is 0 Å². The van der Waals surface area contributed by atoms with Gasteiger partial charge in [0.15, 0.2) is 0 Å². The van der Waals surface area contributed by atoms with Gasteiger partial charge in [0.05, 0.1) is 13.7 Å². The third-order valence-corrected chi connectivity index (χ3v) is 2.14. The van der Waals surface area contributed by atoms with Crippen LogP contribution in [0.4, 0.5) is 0 Å². The first kappa shape index (κ1) is 12.0. The van der Waals surface area contributed by atoms with Crippen LogP contribution in [0.1, 0.15) is 12.5 Å². The van der Waals surface area contributed by atoms with Gasteiger partial charge >= 0.3 is 0 Å². The predicted molar refractivity (Wildman–Crippen MR) is 61.8 cm³/mol. The molecule has 0 saturated carbocycles. The lowest BCUT2D eigenvalue weighted by Crippen LogP contribution is -2.01. The summed E-state index contributed by atoms with van der Waals surface area (Å²) in [4.78, 5) is 4.54. The van der Waals surface area contributed by atoms with Crippen molar-refractivity contribution < 1.29 is 9.57 Å². The number of methoxy groups -OCH3 is 1. The predicted octanol–water partition coefficient (Wildman–Crippen LogP) is 2.64. The summed E-state index contributed by atoms with van der Waals surface area (Å²) in [6.07, 6.45) is 1.93. The summed E-state index contributed by atoms with van der Waals surface area (Å²) < 4.78 is 5.20. The number of benzene rings is 1. The summed E-state index contributed by atoms with van der Waals surface area (Å²) in [5.41, 5.74) is 1.91. The van der Waals surface area contributed by atoms with Crippen LogP contribution in [0.25, 0.3) is 6.08 Å². The lowest BCUT2D eigenvalue weighted by molar-refractivity contribution is 0.162. The van der Waals surface area contributed by atoms with Crippen molar-refractivity contribution in [1.82, 2.24) is 0 Å². The average molecular weight is 228 g/mol. The Morgan fingerprint density at radius 1 is 1.53 bits per heavy atom. The van der Waals surface area contributed by atoms with Crippen LogP contribution in [0.2, 0.25) is 5.02 Å². The van der Waals surface area contributed by atoms with E-state index in [0.29, 0.717) is 11.6 Å². The van der Waals surface area contributed by atoms with E-state index in [2.05, 4.69) is 4.84 Å². The Bertz CT molecular complexity index is 364. The van der Waals surface area contributed by atoms with E-state index in [1.165, 1.54) is 0 Å². The highest BCUT2D eigenvalue weighted by Crippen LogP contribution is 2.24. The first-order chi connectivity index (χ1) is 7.17. The van der Waals surface area contributed by atoms with Crippen LogP contribution >= 0.6 is 11.6 Å². The molecule has 4 heteroatoms. The quantitative estimate of drug-likeness (QED) is 0.805. The molecule has 1 aromatic rings. The van der Waals surface area contributed by atoms with Crippen molar-refractivity contribution >= 4 is 17.7 Å². The molecule has 15 heavy (non-hydrogen) atoms. The van der Waals surface area contributed by atoms with Gasteiger partial charge in [-0.05, 0) is 36.8 Å². The average Bonchev–Trinajstić information content (AvgIpc) is 2.18. The van der Waals surface area contributed by atoms with Gasteiger partial charge in [-0.15, -0.1) is 0 Å². The van der Waals surface area contributed by atoms with E-state index in [1.54, 1.807) is 13.2 Å². The van der Waals surface area contributed by atoms with Crippen LogP contribution in [0.5, 0.6) is 5.75 Å². The molecule has 0 radical (unpaired) electrons. The molecule has 2 N–H and O–H groups in total. The molecule has 0 fully saturated rings. The number of ether oxygens (including phenoxy) is 1. The summed E-state index contributed by atoms with van der Waals surface area (Å²) in [5.74, 6) is 5.76. The van der Waals surface area contributed by atoms with E-state index in [0.717, 1.165) is 16.9 Å². The van der Waals surface area contributed by atoms with Crippen LogP contribution in [-0.4, -0.2) is 13.7 Å². The first-order valence-electron chi connectivity index (χ1n) is 4.49. The van der Waals surface area contributed by atoms with E-state index < -0.39 is 0 Å². The Morgan fingerprint density at radius 3 is 2.87 bits per heavy atom. The smallest absolute Gasteiger partial charge is 0.126 e. The second kappa shape index (κ2) is 5.75. The van der Waals surface area contributed by atoms with Gasteiger partial charge in [0.2, 0.25) is 0 Å². The van der Waals surface area contributed by atoms with Crippen LogP contribution in [0.15, 0.2) is 23.8 Å². The van der Waals surface area contributed by atoms with Gasteiger partial charge in [0.1, 0.15) is 5.75 Å². The molecule has 0 amide bonds. The Hall–Kier alpha value is -1.03. The molecule has 0 atom stereocenters. The summed E-state index contributed by atoms with van der Waals surface area (Å²) in [6, 6.07) is 5.44. The molecule has 0 aliphatic rings. The maximum atomic E-state index is 5.89. The number of hydrogen-bond donors (Lipinski definition) is 1. The van der Waals surface area contributed by atoms with Crippen LogP contribution in [-0.2, 0) is 4.84 Å². The second-order valence-electron chi connectivity index (χ2n) is 3.19. The Balaban J connectivity index is 3.01. The Kier molecular flexibility index (Phi) is 4.62. The molecular weight excluding hydrogens is 214 g/mol. The molecule has 1 rings (SSSR count). The van der Waals surface area contributed by atoms with E-state index in [4.69, 9.17) is 22.2 Å². The highest BCUT2D eigenvalue weighted by atomic mass is 35.5. The fourth-order valence-electron chi connectivity index (χ4n) is 1.26. The summed E-state index contributed by atoms with van der Waals surface area (Å²) in [5, 5.41) is 0.670. The molecule has 0 heterocycles. The van der Waals surface area contributed by atoms with Crippen LogP contribution < -0.4 is 10.6 Å². The highest BCUT2D eigenvalue weighted by Gasteiger charge is 2.01. The maximum absolute atomic E-state index is 5.89. The van der Waals surface area contributed by atoms with Gasteiger partial charge in [-0.1, -0.05) is 11.6 Å². The van der Waals surface area contributed by atoms with Gasteiger partial charge in [-0.2, -0.15) is 0 Å². The van der Waals surface area contributed by atoms with Gasteiger partial charge in [0.25, 0.3) is 0 Å². The van der Waals surface area contributed by atoms with Crippen LogP contribution in [0, 0.1) is 0 Å². The standard InChI is InChI=1S/C11H14ClNO2/c1-8(7-15-13)5-9-6-10(12)3-4-11(9)14-2/h3-6H,7,13H2,1-2H3. The molecule has 0 saturated heterocycles. The normalized spacial score (nSPS) is 11.6. The van der Waals surface area contributed by atoms with E-state index in [1.807, 2.05) is 25.1 Å². The lowest BCUT2D eigenvalue weighted by atomic mass is 10.1. The monoisotopic (exact) mass is 227 g/mol. The maximum Gasteiger partial charge on any atom is 0.126 e. The van der Waals surface area contributed by atoms with Crippen molar-refractivity contribution in [1.29, 1.82) is 0 Å². The second-order valence-corrected chi connectivity index (χ2v) is 3.62. The van der Waals surface area contributed by atoms with Crippen molar-refractivity contribution in [3.63, 3.8) is 0 Å². The molecule has 1 aromatic carbocycles. The Labute approximate surface area is 94.4 Å². The molecule has 0 unspecified atom stereocenters. The number of halogens is 1. The number of hydrogen-bond acceptors (Lipinski definition) is 3. The largest absolute Gasteiger partial charge is 0.496 e. The first-order valence-corrected chi connectivity index (χ1v) is 4.87. The molecular formula is C11H14ClNO2. The summed E-state index contributed by atoms with van der Waals surface area (Å²) in [6.45, 7) is 2.31. The van der Waals surface area contributed by atoms with Crippen LogP contribution in [0.3, 0.4) is 0 Å². The Morgan fingerprint density at radius 2 is 2.27 bits per heavy atom. The molecule has 0 aromatic heterocycles. The highest BCUT2D eigenvalue weighted by molar-refractivity contribution is 6.30. The summed E-state index contributed by atoms with van der Waals surface area (Å²) in [7, 11) is 1.62. The fourth-order valence-corrected chi connectivity index (χ4v) is 1.44. The van der Waals surface area contributed by atoms with E-state index in [9.17, 15) is 0 Å². The van der Waals surface area contributed by atoms with Gasteiger partial charge in [-0.3, -0.25) is 0 Å². The van der Waals surface area contributed by atoms with Crippen molar-refractivity contribution in [2.45, 2.75) is 6.92 Å². The number of rotatable bonds is 4. The zero-order valence-electron chi connectivity index (χ0n) is 8.79. The molecule has 82 valence electrons. The zero-order chi connectivity index (χ0) is 11.3. The van der Waals surface area contributed by atoms with Gasteiger partial charge in [-0.25, -0.2) is 5.90 Å². The number of nitrogens with two attached hydrogens (primary N) is 1. The summed E-state index contributed by atoms with van der Waals surface area (Å²) >= 11 is 5.89. The van der Waals surface area contributed by atoms with Crippen molar-refractivity contribution in [3.05, 3.63) is 34.4 Å². The molecule has 0 aliphatic heterocycles. The third-order valence-electron chi connectivity index (χ3n) is 1.90. The SMILES string of the molecule is COc1ccc(Cl)cc1C=C(C)CON. The van der Waals surface area contributed by atoms with E-state index in [-0.39, 0.29) is 0 Å².